The molecular formula is C40H70Si. The minimum absolute atomic E-state index is 0.551. The van der Waals surface area contributed by atoms with Crippen molar-refractivity contribution < 1.29 is 0 Å². The van der Waals surface area contributed by atoms with Crippen molar-refractivity contribution in [2.75, 3.05) is 0 Å². The van der Waals surface area contributed by atoms with Crippen LogP contribution < -0.4 is 0 Å². The van der Waals surface area contributed by atoms with Gasteiger partial charge in [0.1, 0.15) is 0 Å². The predicted octanol–water partition coefficient (Wildman–Crippen LogP) is 12.3. The number of rotatable bonds is 2. The van der Waals surface area contributed by atoms with Gasteiger partial charge in [-0.15, -0.1) is 0 Å². The third kappa shape index (κ3) is 4.50. The molecule has 7 rings (SSSR count). The van der Waals surface area contributed by atoms with Crippen LogP contribution in [0.25, 0.3) is 0 Å². The molecule has 11 unspecified atom stereocenters. The average molecular weight is 579 g/mol. The zero-order chi connectivity index (χ0) is 29.3. The first kappa shape index (κ1) is 29.9. The van der Waals surface area contributed by atoms with E-state index in [1.165, 1.54) is 32.1 Å². The highest BCUT2D eigenvalue weighted by atomic mass is 28.3. The van der Waals surface area contributed by atoms with Gasteiger partial charge in [0, 0.05) is 0 Å². The Hall–Kier alpha value is 0.217. The summed E-state index contributed by atoms with van der Waals surface area (Å²) in [5.41, 5.74) is 4.46. The van der Waals surface area contributed by atoms with Gasteiger partial charge in [-0.2, -0.15) is 0 Å². The zero-order valence-corrected chi connectivity index (χ0v) is 30.3. The van der Waals surface area contributed by atoms with E-state index in [4.69, 9.17) is 0 Å². The average Bonchev–Trinajstić information content (AvgIpc) is 3.48. The molecule has 0 aromatic rings. The first-order chi connectivity index (χ1) is 19.0. The van der Waals surface area contributed by atoms with Crippen LogP contribution in [0.3, 0.4) is 0 Å². The molecule has 7 fully saturated rings. The Balaban J connectivity index is 1.29. The molecule has 0 N–H and O–H groups in total. The van der Waals surface area contributed by atoms with Crippen molar-refractivity contribution in [1.82, 2.24) is 0 Å². The van der Waals surface area contributed by atoms with Crippen LogP contribution in [0.1, 0.15) is 145 Å². The Kier molecular flexibility index (Phi) is 7.01. The summed E-state index contributed by atoms with van der Waals surface area (Å²) in [6, 6.07) is 0. The molecule has 0 radical (unpaired) electrons. The van der Waals surface area contributed by atoms with Crippen molar-refractivity contribution in [2.45, 2.75) is 169 Å². The van der Waals surface area contributed by atoms with Crippen LogP contribution in [0.2, 0.25) is 24.2 Å². The molecule has 0 saturated heterocycles. The molecule has 11 atom stereocenters. The molecule has 7 aliphatic rings. The van der Waals surface area contributed by atoms with E-state index >= 15 is 0 Å². The van der Waals surface area contributed by atoms with E-state index in [2.05, 4.69) is 68.5 Å². The van der Waals surface area contributed by atoms with Crippen molar-refractivity contribution in [3.05, 3.63) is 0 Å². The summed E-state index contributed by atoms with van der Waals surface area (Å²) < 4.78 is 0. The molecular weight excluding hydrogens is 509 g/mol. The fourth-order valence-electron chi connectivity index (χ4n) is 15.1. The van der Waals surface area contributed by atoms with Crippen LogP contribution in [-0.4, -0.2) is 8.07 Å². The fraction of sp³-hybridized carbons (Fsp3) is 1.00. The van der Waals surface area contributed by atoms with E-state index in [1.807, 2.05) is 0 Å². The molecule has 0 bridgehead atoms. The van der Waals surface area contributed by atoms with Crippen molar-refractivity contribution >= 4 is 8.07 Å². The first-order valence-corrected chi connectivity index (χ1v) is 22.2. The van der Waals surface area contributed by atoms with E-state index in [-0.39, 0.29) is 0 Å². The van der Waals surface area contributed by atoms with Gasteiger partial charge in [-0.25, -0.2) is 0 Å². The Morgan fingerprint density at radius 3 is 1.27 bits per heavy atom. The Bertz CT molecular complexity index is 940. The second-order valence-electron chi connectivity index (χ2n) is 21.2. The zero-order valence-electron chi connectivity index (χ0n) is 29.3. The Labute approximate surface area is 257 Å². The SMILES string of the molecule is CC1(C)CCC(C)(C)C2CC3C(CC21)C1CC2C(CC1C3[Si](C)(C)C1CCC3CCCCC31)C(C)(C)CCC2(C)C. The fourth-order valence-corrected chi connectivity index (χ4v) is 21.1. The summed E-state index contributed by atoms with van der Waals surface area (Å²) in [6.07, 6.45) is 21.8. The summed E-state index contributed by atoms with van der Waals surface area (Å²) in [7, 11) is -1.44. The van der Waals surface area contributed by atoms with Gasteiger partial charge >= 0.3 is 0 Å². The largest absolute Gasteiger partial charge is 0.0689 e. The smallest absolute Gasteiger partial charge is 0.0544 e. The Morgan fingerprint density at radius 1 is 0.439 bits per heavy atom. The topological polar surface area (TPSA) is 0 Å². The van der Waals surface area contributed by atoms with Crippen LogP contribution in [-0.2, 0) is 0 Å². The maximum absolute atomic E-state index is 3.00. The van der Waals surface area contributed by atoms with Gasteiger partial charge in [0.2, 0.25) is 0 Å². The van der Waals surface area contributed by atoms with Gasteiger partial charge in [0.05, 0.1) is 8.07 Å². The van der Waals surface area contributed by atoms with Crippen LogP contribution in [0.4, 0.5) is 0 Å². The minimum Gasteiger partial charge on any atom is -0.0689 e. The van der Waals surface area contributed by atoms with Crippen LogP contribution in [0.15, 0.2) is 0 Å². The molecule has 7 aliphatic carbocycles. The van der Waals surface area contributed by atoms with E-state index in [1.54, 1.807) is 57.8 Å². The predicted molar refractivity (Wildman–Crippen MR) is 180 cm³/mol. The van der Waals surface area contributed by atoms with Gasteiger partial charge < -0.3 is 0 Å². The third-order valence-corrected chi connectivity index (χ3v) is 22.8. The molecule has 0 amide bonds. The quantitative estimate of drug-likeness (QED) is 0.286. The molecule has 1 heteroatoms. The van der Waals surface area contributed by atoms with E-state index in [9.17, 15) is 0 Å². The molecule has 7 saturated carbocycles. The number of hydrogen-bond donors (Lipinski definition) is 0. The van der Waals surface area contributed by atoms with Crippen LogP contribution >= 0.6 is 0 Å². The maximum atomic E-state index is 3.00. The lowest BCUT2D eigenvalue weighted by Gasteiger charge is -2.59. The van der Waals surface area contributed by atoms with Crippen LogP contribution in [0.5, 0.6) is 0 Å². The highest BCUT2D eigenvalue weighted by Crippen LogP contribution is 2.74. The highest BCUT2D eigenvalue weighted by Gasteiger charge is 2.66. The second-order valence-corrected chi connectivity index (χ2v) is 26.3. The second kappa shape index (κ2) is 9.61. The van der Waals surface area contributed by atoms with Crippen molar-refractivity contribution in [1.29, 1.82) is 0 Å². The van der Waals surface area contributed by atoms with Gasteiger partial charge in [0.15, 0.2) is 0 Å². The van der Waals surface area contributed by atoms with E-state index in [0.717, 1.165) is 70.3 Å². The van der Waals surface area contributed by atoms with E-state index in [0.29, 0.717) is 21.7 Å². The molecule has 0 nitrogen and oxygen atoms in total. The summed E-state index contributed by atoms with van der Waals surface area (Å²) in [5.74, 6) is 10.3. The van der Waals surface area contributed by atoms with Gasteiger partial charge in [-0.3, -0.25) is 0 Å². The molecule has 41 heavy (non-hydrogen) atoms. The van der Waals surface area contributed by atoms with Crippen molar-refractivity contribution in [3.63, 3.8) is 0 Å². The highest BCUT2D eigenvalue weighted by molar-refractivity contribution is 6.80. The number of fused-ring (bicyclic) bond motifs is 6. The summed E-state index contributed by atoms with van der Waals surface area (Å²) in [4.78, 5) is 0. The standard InChI is InChI=1S/C40H70Si/c1-37(2)17-19-39(5,6)33-23-29-27(21-31(33)37)28-22-32-34(40(7,8)20-18-38(32,3)4)24-30(28)36(29)41(9,10)35-16-15-25-13-11-12-14-26(25)35/h25-36H,11-24H2,1-10H3. The van der Waals surface area contributed by atoms with Gasteiger partial charge in [0.25, 0.3) is 0 Å². The van der Waals surface area contributed by atoms with Crippen molar-refractivity contribution in [2.24, 2.45) is 80.8 Å². The summed E-state index contributed by atoms with van der Waals surface area (Å²) in [5, 5.41) is 0. The van der Waals surface area contributed by atoms with Crippen molar-refractivity contribution in [3.8, 4) is 0 Å². The summed E-state index contributed by atoms with van der Waals surface area (Å²) >= 11 is 0. The first-order valence-electron chi connectivity index (χ1n) is 19.0. The van der Waals surface area contributed by atoms with E-state index < -0.39 is 8.07 Å². The third-order valence-electron chi connectivity index (χ3n) is 17.6. The maximum Gasteiger partial charge on any atom is 0.0544 e. The number of hydrogen-bond acceptors (Lipinski definition) is 0. The molecule has 0 aromatic heterocycles. The van der Waals surface area contributed by atoms with Crippen LogP contribution in [0, 0.1) is 80.8 Å². The van der Waals surface area contributed by atoms with Gasteiger partial charge in [-0.1, -0.05) is 107 Å². The minimum atomic E-state index is -1.44. The molecule has 0 aromatic carbocycles. The lowest BCUT2D eigenvalue weighted by molar-refractivity contribution is -0.0969. The summed E-state index contributed by atoms with van der Waals surface area (Å²) in [6.45, 7) is 27.6. The lowest BCUT2D eigenvalue weighted by Crippen LogP contribution is -2.51. The van der Waals surface area contributed by atoms with Gasteiger partial charge in [-0.05, 0) is 143 Å². The molecule has 0 heterocycles. The Morgan fingerprint density at radius 2 is 0.829 bits per heavy atom. The molecule has 234 valence electrons. The molecule has 0 spiro atoms. The monoisotopic (exact) mass is 579 g/mol. The lowest BCUT2D eigenvalue weighted by atomic mass is 9.46. The molecule has 0 aliphatic heterocycles. The normalized spacial score (nSPS) is 51.1.